The van der Waals surface area contributed by atoms with Gasteiger partial charge in [-0.05, 0) is 69.3 Å². The van der Waals surface area contributed by atoms with E-state index in [0.717, 1.165) is 56.5 Å². The molecule has 190 valence electrons. The molecule has 1 aromatic carbocycles. The lowest BCUT2D eigenvalue weighted by molar-refractivity contribution is -0.129. The number of nitrogens with zero attached hydrogens (tertiary/aromatic N) is 2. The van der Waals surface area contributed by atoms with Crippen molar-refractivity contribution in [1.29, 1.82) is 0 Å². The Hall–Kier alpha value is -2.95. The van der Waals surface area contributed by atoms with Gasteiger partial charge in [0.2, 0.25) is 5.91 Å². The Bertz CT molecular complexity index is 1080. The number of amides is 1. The number of aromatic nitrogens is 2. The van der Waals surface area contributed by atoms with E-state index in [2.05, 4.69) is 39.8 Å². The van der Waals surface area contributed by atoms with Crippen LogP contribution >= 0.6 is 0 Å². The molecule has 1 atom stereocenters. The van der Waals surface area contributed by atoms with Crippen molar-refractivity contribution < 1.29 is 14.7 Å². The second-order valence-electron chi connectivity index (χ2n) is 9.32. The van der Waals surface area contributed by atoms with Crippen LogP contribution in [0.4, 0.5) is 5.69 Å². The Morgan fingerprint density at radius 3 is 2.80 bits per heavy atom. The summed E-state index contributed by atoms with van der Waals surface area (Å²) in [6.07, 6.45) is 5.20. The molecule has 0 bridgehead atoms. The van der Waals surface area contributed by atoms with Crippen LogP contribution in [0.2, 0.25) is 0 Å². The Morgan fingerprint density at radius 1 is 1.29 bits per heavy atom. The number of piperidine rings is 1. The molecule has 1 unspecified atom stereocenters. The van der Waals surface area contributed by atoms with E-state index < -0.39 is 0 Å². The molecule has 2 aliphatic rings. The van der Waals surface area contributed by atoms with Gasteiger partial charge < -0.3 is 20.0 Å². The van der Waals surface area contributed by atoms with E-state index in [-0.39, 0.29) is 17.5 Å². The number of fused-ring (bicyclic) bond motifs is 1. The van der Waals surface area contributed by atoms with E-state index in [1.54, 1.807) is 5.48 Å². The van der Waals surface area contributed by atoms with Crippen LogP contribution in [0.15, 0.2) is 23.0 Å². The van der Waals surface area contributed by atoms with Crippen molar-refractivity contribution in [3.05, 3.63) is 39.8 Å². The standard InChI is InChI=1S/C25H36N6O4/c1-3-5-19-22-23(29-28-19)25(33)27-24(26-22)18-15-17(6-7-20(18)35-4-2)14-16-8-11-31(12-9-16)13-10-21(32)30-34/h6-7,15-16,19,28-29,34H,3-5,8-14H2,1-2H3,(H,30,32)(H,26,27,33). The Kier molecular flexibility index (Phi) is 8.37. The van der Waals surface area contributed by atoms with Gasteiger partial charge in [-0.15, -0.1) is 0 Å². The molecule has 4 rings (SSSR count). The van der Waals surface area contributed by atoms with Crippen LogP contribution in [0.5, 0.6) is 5.75 Å². The molecule has 0 saturated carbocycles. The molecule has 35 heavy (non-hydrogen) atoms. The van der Waals surface area contributed by atoms with Gasteiger partial charge in [0.05, 0.1) is 23.9 Å². The monoisotopic (exact) mass is 484 g/mol. The van der Waals surface area contributed by atoms with Gasteiger partial charge >= 0.3 is 0 Å². The predicted molar refractivity (Wildman–Crippen MR) is 133 cm³/mol. The molecule has 5 N–H and O–H groups in total. The average molecular weight is 485 g/mol. The number of carbonyl (C=O) groups excluding carboxylic acids is 1. The number of benzene rings is 1. The molecule has 1 saturated heterocycles. The number of hydrogen-bond acceptors (Lipinski definition) is 8. The molecular weight excluding hydrogens is 448 g/mol. The molecule has 1 aromatic heterocycles. The Labute approximate surface area is 205 Å². The topological polar surface area (TPSA) is 132 Å². The van der Waals surface area contributed by atoms with Crippen molar-refractivity contribution >= 4 is 11.6 Å². The zero-order valence-electron chi connectivity index (χ0n) is 20.5. The SMILES string of the molecule is CCCC1NNc2c1nc(-c1cc(CC3CCN(CCC(=O)NO)CC3)ccc1OCC)[nH]c2=O. The van der Waals surface area contributed by atoms with Crippen LogP contribution in [0.25, 0.3) is 11.4 Å². The van der Waals surface area contributed by atoms with E-state index in [4.69, 9.17) is 14.9 Å². The van der Waals surface area contributed by atoms with Crippen LogP contribution < -0.4 is 26.6 Å². The fourth-order valence-electron chi connectivity index (χ4n) is 4.95. The zero-order chi connectivity index (χ0) is 24.8. The molecule has 2 aliphatic heterocycles. The number of rotatable bonds is 10. The summed E-state index contributed by atoms with van der Waals surface area (Å²) in [5.74, 6) is 1.43. The van der Waals surface area contributed by atoms with Crippen LogP contribution in [0, 0.1) is 5.92 Å². The van der Waals surface area contributed by atoms with Gasteiger partial charge in [0.15, 0.2) is 0 Å². The molecule has 10 heteroatoms. The second-order valence-corrected chi connectivity index (χ2v) is 9.32. The minimum Gasteiger partial charge on any atom is -0.493 e. The summed E-state index contributed by atoms with van der Waals surface area (Å²) in [4.78, 5) is 34.1. The fraction of sp³-hybridized carbons (Fsp3) is 0.560. The summed E-state index contributed by atoms with van der Waals surface area (Å²) in [5.41, 5.74) is 10.9. The summed E-state index contributed by atoms with van der Waals surface area (Å²) in [7, 11) is 0. The van der Waals surface area contributed by atoms with E-state index in [9.17, 15) is 9.59 Å². The van der Waals surface area contributed by atoms with Crippen molar-refractivity contribution in [2.24, 2.45) is 5.92 Å². The quantitative estimate of drug-likeness (QED) is 0.257. The molecule has 3 heterocycles. The first-order valence-electron chi connectivity index (χ1n) is 12.6. The first-order chi connectivity index (χ1) is 17.0. The first kappa shape index (κ1) is 25.2. The molecule has 0 aliphatic carbocycles. The lowest BCUT2D eigenvalue weighted by atomic mass is 9.89. The number of H-pyrrole nitrogens is 1. The first-order valence-corrected chi connectivity index (χ1v) is 12.6. The van der Waals surface area contributed by atoms with Crippen molar-refractivity contribution in [3.63, 3.8) is 0 Å². The maximum absolute atomic E-state index is 12.8. The average Bonchev–Trinajstić information content (AvgIpc) is 3.28. The van der Waals surface area contributed by atoms with Gasteiger partial charge in [-0.25, -0.2) is 15.9 Å². The number of hydrazine groups is 1. The van der Waals surface area contributed by atoms with Gasteiger partial charge in [0.25, 0.3) is 5.56 Å². The molecule has 1 amide bonds. The van der Waals surface area contributed by atoms with Gasteiger partial charge in [0, 0.05) is 13.0 Å². The van der Waals surface area contributed by atoms with Crippen LogP contribution in [-0.2, 0) is 11.2 Å². The van der Waals surface area contributed by atoms with E-state index in [1.807, 2.05) is 13.0 Å². The molecular formula is C25H36N6O4. The number of likely N-dealkylation sites (tertiary alicyclic amines) is 1. The number of hydrogen-bond donors (Lipinski definition) is 5. The zero-order valence-corrected chi connectivity index (χ0v) is 20.5. The normalized spacial score (nSPS) is 18.2. The smallest absolute Gasteiger partial charge is 0.276 e. The molecule has 2 aromatic rings. The Balaban J connectivity index is 1.51. The summed E-state index contributed by atoms with van der Waals surface area (Å²) in [6.45, 7) is 7.11. The van der Waals surface area contributed by atoms with Crippen molar-refractivity contribution in [1.82, 2.24) is 25.8 Å². The van der Waals surface area contributed by atoms with Crippen LogP contribution in [-0.4, -0.2) is 52.2 Å². The third-order valence-electron chi connectivity index (χ3n) is 6.84. The highest BCUT2D eigenvalue weighted by Crippen LogP contribution is 2.33. The van der Waals surface area contributed by atoms with Crippen LogP contribution in [0.3, 0.4) is 0 Å². The second kappa shape index (κ2) is 11.7. The molecule has 0 spiro atoms. The van der Waals surface area contributed by atoms with E-state index >= 15 is 0 Å². The molecule has 0 radical (unpaired) electrons. The number of hydroxylamine groups is 1. The van der Waals surface area contributed by atoms with E-state index in [0.29, 0.717) is 42.8 Å². The largest absolute Gasteiger partial charge is 0.493 e. The maximum atomic E-state index is 12.8. The number of aromatic amines is 1. The third-order valence-corrected chi connectivity index (χ3v) is 6.84. The van der Waals surface area contributed by atoms with Gasteiger partial charge in [-0.3, -0.25) is 14.8 Å². The number of carbonyl (C=O) groups is 1. The highest BCUT2D eigenvalue weighted by atomic mass is 16.5. The number of nitrogens with one attached hydrogen (secondary N) is 4. The maximum Gasteiger partial charge on any atom is 0.276 e. The molecule has 10 nitrogen and oxygen atoms in total. The summed E-state index contributed by atoms with van der Waals surface area (Å²) in [5, 5.41) is 8.67. The minimum absolute atomic E-state index is 0.00316. The summed E-state index contributed by atoms with van der Waals surface area (Å²) in [6, 6.07) is 6.17. The van der Waals surface area contributed by atoms with Crippen LogP contribution in [0.1, 0.15) is 63.3 Å². The lowest BCUT2D eigenvalue weighted by Crippen LogP contribution is -2.36. The lowest BCUT2D eigenvalue weighted by Gasteiger charge is -2.31. The van der Waals surface area contributed by atoms with Gasteiger partial charge in [-0.1, -0.05) is 19.4 Å². The highest BCUT2D eigenvalue weighted by molar-refractivity contribution is 5.74. The van der Waals surface area contributed by atoms with Crippen molar-refractivity contribution in [3.8, 4) is 17.1 Å². The summed E-state index contributed by atoms with van der Waals surface area (Å²) >= 11 is 0. The highest BCUT2D eigenvalue weighted by Gasteiger charge is 2.27. The van der Waals surface area contributed by atoms with Gasteiger partial charge in [-0.2, -0.15) is 0 Å². The minimum atomic E-state index is -0.347. The van der Waals surface area contributed by atoms with Crippen molar-refractivity contribution in [2.45, 2.75) is 58.4 Å². The Morgan fingerprint density at radius 2 is 2.09 bits per heavy atom. The third kappa shape index (κ3) is 6.01. The number of anilines is 1. The van der Waals surface area contributed by atoms with Gasteiger partial charge in [0.1, 0.15) is 17.3 Å². The summed E-state index contributed by atoms with van der Waals surface area (Å²) < 4.78 is 5.89. The van der Waals surface area contributed by atoms with Crippen molar-refractivity contribution in [2.75, 3.05) is 31.7 Å². The fourth-order valence-corrected chi connectivity index (χ4v) is 4.95. The predicted octanol–water partition coefficient (Wildman–Crippen LogP) is 2.76. The van der Waals surface area contributed by atoms with E-state index in [1.165, 1.54) is 5.56 Å². The molecule has 1 fully saturated rings. The number of ether oxygens (including phenoxy) is 1.